The Morgan fingerprint density at radius 2 is 1.06 bits per heavy atom. The van der Waals surface area contributed by atoms with Crippen molar-refractivity contribution in [1.82, 2.24) is 0 Å². The first-order valence-corrected chi connectivity index (χ1v) is 4.82. The lowest BCUT2D eigenvalue weighted by Gasteiger charge is -2.22. The predicted octanol–water partition coefficient (Wildman–Crippen LogP) is 1.09. The number of hydrogen-bond donors (Lipinski definition) is 2. The molecular formula is C10H6F4O3. The number of hydrogen-bond acceptors (Lipinski definition) is 3. The third-order valence-electron chi connectivity index (χ3n) is 3.17. The summed E-state index contributed by atoms with van der Waals surface area (Å²) in [5.74, 6) is -7.06. The standard InChI is InChI=1S/C10H6F4O3/c11-3-1-2(4(12)6(14)5(3)13)10-8(16)7(15)9(1)17-10/h7-10,15-16H/t7?,8?,9-,10?/m0/s1. The summed E-state index contributed by atoms with van der Waals surface area (Å²) in [7, 11) is 0. The fourth-order valence-corrected chi connectivity index (χ4v) is 2.38. The normalized spacial score (nSPS) is 34.2. The second kappa shape index (κ2) is 3.18. The first-order valence-electron chi connectivity index (χ1n) is 4.82. The van der Waals surface area contributed by atoms with E-state index in [9.17, 15) is 27.8 Å². The van der Waals surface area contributed by atoms with Crippen molar-refractivity contribution in [3.8, 4) is 0 Å². The van der Waals surface area contributed by atoms with Crippen LogP contribution in [0.4, 0.5) is 17.6 Å². The van der Waals surface area contributed by atoms with Crippen molar-refractivity contribution >= 4 is 0 Å². The van der Waals surface area contributed by atoms with Gasteiger partial charge in [0, 0.05) is 11.1 Å². The maximum absolute atomic E-state index is 13.4. The Balaban J connectivity index is 2.32. The van der Waals surface area contributed by atoms with E-state index in [0.717, 1.165) is 0 Å². The van der Waals surface area contributed by atoms with Gasteiger partial charge in [-0.1, -0.05) is 0 Å². The zero-order chi connectivity index (χ0) is 12.5. The van der Waals surface area contributed by atoms with Gasteiger partial charge in [-0.15, -0.1) is 0 Å². The summed E-state index contributed by atoms with van der Waals surface area (Å²) in [6, 6.07) is 0. The lowest BCUT2D eigenvalue weighted by atomic mass is 9.87. The Hall–Kier alpha value is -1.18. The molecule has 92 valence electrons. The smallest absolute Gasteiger partial charge is 0.197 e. The van der Waals surface area contributed by atoms with Crippen LogP contribution in [0.25, 0.3) is 0 Å². The van der Waals surface area contributed by atoms with Gasteiger partial charge in [-0.2, -0.15) is 0 Å². The van der Waals surface area contributed by atoms with Gasteiger partial charge in [0.05, 0.1) is 0 Å². The molecule has 1 saturated heterocycles. The first-order chi connectivity index (χ1) is 7.95. The molecule has 0 amide bonds. The second-order valence-corrected chi connectivity index (χ2v) is 4.04. The maximum Gasteiger partial charge on any atom is 0.197 e. The van der Waals surface area contributed by atoms with E-state index in [4.69, 9.17) is 4.74 Å². The van der Waals surface area contributed by atoms with Crippen molar-refractivity contribution in [2.45, 2.75) is 24.4 Å². The largest absolute Gasteiger partial charge is 0.387 e. The molecule has 2 aliphatic rings. The van der Waals surface area contributed by atoms with E-state index in [0.29, 0.717) is 0 Å². The highest BCUT2D eigenvalue weighted by Gasteiger charge is 2.55. The molecule has 4 atom stereocenters. The number of benzene rings is 1. The molecule has 2 bridgehead atoms. The van der Waals surface area contributed by atoms with Crippen LogP contribution in [-0.2, 0) is 4.74 Å². The molecule has 0 radical (unpaired) electrons. The molecule has 1 aromatic rings. The van der Waals surface area contributed by atoms with Crippen molar-refractivity contribution in [1.29, 1.82) is 0 Å². The third kappa shape index (κ3) is 1.11. The molecule has 1 fully saturated rings. The van der Waals surface area contributed by atoms with Gasteiger partial charge in [-0.3, -0.25) is 0 Å². The highest BCUT2D eigenvalue weighted by Crippen LogP contribution is 2.53. The lowest BCUT2D eigenvalue weighted by molar-refractivity contribution is 0.0198. The molecule has 3 nitrogen and oxygen atoms in total. The minimum atomic E-state index is -1.95. The second-order valence-electron chi connectivity index (χ2n) is 4.04. The molecular weight excluding hydrogens is 244 g/mol. The molecule has 0 aliphatic carbocycles. The van der Waals surface area contributed by atoms with Crippen molar-refractivity contribution < 1.29 is 32.5 Å². The van der Waals surface area contributed by atoms with E-state index < -0.39 is 58.8 Å². The lowest BCUT2D eigenvalue weighted by Crippen LogP contribution is -2.33. The van der Waals surface area contributed by atoms with E-state index in [2.05, 4.69) is 0 Å². The van der Waals surface area contributed by atoms with Gasteiger partial charge in [0.1, 0.15) is 24.4 Å². The molecule has 7 heteroatoms. The van der Waals surface area contributed by atoms with Crippen LogP contribution in [0.15, 0.2) is 0 Å². The van der Waals surface area contributed by atoms with E-state index in [1.807, 2.05) is 0 Å². The number of rotatable bonds is 0. The van der Waals surface area contributed by atoms with Crippen LogP contribution < -0.4 is 0 Å². The molecule has 0 saturated carbocycles. The van der Waals surface area contributed by atoms with Crippen LogP contribution in [-0.4, -0.2) is 22.4 Å². The molecule has 0 spiro atoms. The average molecular weight is 250 g/mol. The maximum atomic E-state index is 13.4. The molecule has 2 heterocycles. The minimum absolute atomic E-state index is 0.552. The summed E-state index contributed by atoms with van der Waals surface area (Å²) in [6.07, 6.45) is -5.69. The van der Waals surface area contributed by atoms with Gasteiger partial charge >= 0.3 is 0 Å². The summed E-state index contributed by atoms with van der Waals surface area (Å²) in [4.78, 5) is 0. The van der Waals surface area contributed by atoms with Crippen LogP contribution in [0.1, 0.15) is 23.3 Å². The number of ether oxygens (including phenoxy) is 1. The van der Waals surface area contributed by atoms with Crippen LogP contribution in [0.3, 0.4) is 0 Å². The fourth-order valence-electron chi connectivity index (χ4n) is 2.38. The number of aliphatic hydroxyl groups excluding tert-OH is 2. The molecule has 3 unspecified atom stereocenters. The van der Waals surface area contributed by atoms with Crippen molar-refractivity contribution in [3.05, 3.63) is 34.4 Å². The first kappa shape index (κ1) is 10.9. The topological polar surface area (TPSA) is 49.7 Å². The summed E-state index contributed by atoms with van der Waals surface area (Å²) < 4.78 is 57.8. The summed E-state index contributed by atoms with van der Waals surface area (Å²) in [5, 5.41) is 18.9. The zero-order valence-corrected chi connectivity index (χ0v) is 8.12. The Kier molecular flexibility index (Phi) is 2.05. The minimum Gasteiger partial charge on any atom is -0.387 e. The number of aliphatic hydroxyl groups is 2. The highest BCUT2D eigenvalue weighted by atomic mass is 19.2. The van der Waals surface area contributed by atoms with Crippen LogP contribution in [0.5, 0.6) is 0 Å². The van der Waals surface area contributed by atoms with Gasteiger partial charge in [0.2, 0.25) is 0 Å². The van der Waals surface area contributed by atoms with Gasteiger partial charge in [0.25, 0.3) is 0 Å². The average Bonchev–Trinajstić information content (AvgIpc) is 2.82. The number of fused-ring (bicyclic) bond motifs is 5. The molecule has 1 aromatic carbocycles. The summed E-state index contributed by atoms with van der Waals surface area (Å²) in [6.45, 7) is 0. The Morgan fingerprint density at radius 3 is 1.41 bits per heavy atom. The van der Waals surface area contributed by atoms with Gasteiger partial charge < -0.3 is 14.9 Å². The highest BCUT2D eigenvalue weighted by molar-refractivity contribution is 5.43. The molecule has 2 aliphatic heterocycles. The SMILES string of the molecule is OC1C2O[C@@H](c3c(F)c(F)c(F)c(F)c32)C1O. The molecule has 3 rings (SSSR count). The van der Waals surface area contributed by atoms with E-state index >= 15 is 0 Å². The van der Waals surface area contributed by atoms with Gasteiger partial charge in [-0.25, -0.2) is 17.6 Å². The van der Waals surface area contributed by atoms with Crippen LogP contribution in [0, 0.1) is 23.3 Å². The van der Waals surface area contributed by atoms with E-state index in [1.54, 1.807) is 0 Å². The van der Waals surface area contributed by atoms with E-state index in [1.165, 1.54) is 0 Å². The fraction of sp³-hybridized carbons (Fsp3) is 0.400. The van der Waals surface area contributed by atoms with E-state index in [-0.39, 0.29) is 0 Å². The Labute approximate surface area is 92.2 Å². The van der Waals surface area contributed by atoms with Gasteiger partial charge in [-0.05, 0) is 0 Å². The van der Waals surface area contributed by atoms with Crippen LogP contribution >= 0.6 is 0 Å². The summed E-state index contributed by atoms with van der Waals surface area (Å²) >= 11 is 0. The Morgan fingerprint density at radius 1 is 0.706 bits per heavy atom. The number of halogens is 4. The molecule has 0 aromatic heterocycles. The Bertz CT molecular complexity index is 474. The third-order valence-corrected chi connectivity index (χ3v) is 3.17. The quantitative estimate of drug-likeness (QED) is 0.411. The van der Waals surface area contributed by atoms with Crippen LogP contribution in [0.2, 0.25) is 0 Å². The summed E-state index contributed by atoms with van der Waals surface area (Å²) in [5.41, 5.74) is -1.10. The van der Waals surface area contributed by atoms with Crippen molar-refractivity contribution in [2.24, 2.45) is 0 Å². The molecule has 2 N–H and O–H groups in total. The van der Waals surface area contributed by atoms with Gasteiger partial charge in [0.15, 0.2) is 23.3 Å². The van der Waals surface area contributed by atoms with Crippen molar-refractivity contribution in [3.63, 3.8) is 0 Å². The predicted molar refractivity (Wildman–Crippen MR) is 44.9 cm³/mol. The zero-order valence-electron chi connectivity index (χ0n) is 8.12. The monoisotopic (exact) mass is 250 g/mol. The van der Waals surface area contributed by atoms with Crippen molar-refractivity contribution in [2.75, 3.05) is 0 Å². The molecule has 17 heavy (non-hydrogen) atoms.